The molecule has 0 aromatic heterocycles. The number of hydrogen-bond donors (Lipinski definition) is 1. The van der Waals surface area contributed by atoms with Crippen LogP contribution in [0.3, 0.4) is 0 Å². The first-order valence-corrected chi connectivity index (χ1v) is 27.7. The van der Waals surface area contributed by atoms with E-state index in [9.17, 15) is 0 Å². The van der Waals surface area contributed by atoms with Gasteiger partial charge in [0.05, 0.1) is 11.4 Å². The summed E-state index contributed by atoms with van der Waals surface area (Å²) < 4.78 is 0. The Morgan fingerprint density at radius 1 is 0.575 bits per heavy atom. The van der Waals surface area contributed by atoms with Gasteiger partial charge in [-0.1, -0.05) is 219 Å². The van der Waals surface area contributed by atoms with Crippen LogP contribution in [0.5, 0.6) is 0 Å². The highest BCUT2D eigenvalue weighted by Gasteiger charge is 2.46. The summed E-state index contributed by atoms with van der Waals surface area (Å²) in [7, 11) is 0. The second-order valence-corrected chi connectivity index (χ2v) is 22.2. The van der Waals surface area contributed by atoms with E-state index in [-0.39, 0.29) is 12.1 Å². The molecular weight excluding hydrogens is 881 g/mol. The molecule has 0 spiro atoms. The Labute approximate surface area is 434 Å². The smallest absolute Gasteiger partial charge is 0.130 e. The summed E-state index contributed by atoms with van der Waals surface area (Å²) in [5.41, 5.74) is 23.9. The summed E-state index contributed by atoms with van der Waals surface area (Å²) in [5, 5.41) is 3.93. The molecule has 0 radical (unpaired) electrons. The number of nitrogens with one attached hydrogen (secondary N) is 1. The Balaban J connectivity index is 0.959. The number of rotatable bonds is 9. The number of anilines is 2. The van der Waals surface area contributed by atoms with Crippen LogP contribution in [0, 0.1) is 35.5 Å². The average molecular weight is 949 g/mol. The van der Waals surface area contributed by atoms with Gasteiger partial charge in [0, 0.05) is 23.5 Å². The van der Waals surface area contributed by atoms with Gasteiger partial charge in [-0.25, -0.2) is 0 Å². The summed E-state index contributed by atoms with van der Waals surface area (Å²) >= 11 is 0. The molecule has 2 heteroatoms. The van der Waals surface area contributed by atoms with Gasteiger partial charge in [-0.15, -0.1) is 0 Å². The number of allylic oxidation sites excluding steroid dienone is 28. The van der Waals surface area contributed by atoms with Crippen molar-refractivity contribution in [1.29, 1.82) is 0 Å². The standard InChI is InChI=1S/C71H68N2/c1-47-20-15-16-30-62(47)58-41-57(51-26-11-5-12-27-51)44-60(45-58)70-63-39-38-54(52-34-36-53(37-35-52)71-72-66-32-17-18-33-67(66)73(71)61-28-13-6-14-29-61)46-65(63)69(64-31-19-21-48(2)68(64)70)59-42-55(49-22-7-3-8-23-49)40-56(43-59)50-24-9-4-10-25-50/h3-5,7-9,11-12,15-19,21-24,26-28,30-42,45-48,56-57,63,68,70-72H,6,10,13-14,20,25,29,43-44H2,1-2H3/t47?,48?,56?,57-,63?,68?,70?,71?/m0/s1. The normalized spacial score (nSPS) is 28.2. The third-order valence-corrected chi connectivity index (χ3v) is 17.7. The fourth-order valence-corrected chi connectivity index (χ4v) is 14.1. The van der Waals surface area contributed by atoms with Crippen molar-refractivity contribution in [2.24, 2.45) is 35.5 Å². The summed E-state index contributed by atoms with van der Waals surface area (Å²) in [5.74, 6) is 2.37. The Morgan fingerprint density at radius 2 is 1.36 bits per heavy atom. The topological polar surface area (TPSA) is 15.3 Å². The molecule has 1 aliphatic heterocycles. The molecule has 1 heterocycles. The van der Waals surface area contributed by atoms with Gasteiger partial charge in [0.15, 0.2) is 0 Å². The maximum atomic E-state index is 3.93. The quantitative estimate of drug-likeness (QED) is 0.180. The van der Waals surface area contributed by atoms with Crippen molar-refractivity contribution in [2.45, 2.75) is 83.7 Å². The molecule has 4 aromatic rings. The van der Waals surface area contributed by atoms with Gasteiger partial charge in [0.25, 0.3) is 0 Å². The van der Waals surface area contributed by atoms with Gasteiger partial charge in [0.1, 0.15) is 6.17 Å². The Kier molecular flexibility index (Phi) is 12.3. The first-order chi connectivity index (χ1) is 36.0. The lowest BCUT2D eigenvalue weighted by atomic mass is 9.55. The second-order valence-electron chi connectivity index (χ2n) is 22.2. The number of hydrogen-bond acceptors (Lipinski definition) is 2. The lowest BCUT2D eigenvalue weighted by molar-refractivity contribution is 0.293. The third kappa shape index (κ3) is 8.67. The average Bonchev–Trinajstić information content (AvgIpc) is 3.85. The molecule has 0 bridgehead atoms. The van der Waals surface area contributed by atoms with Gasteiger partial charge < -0.3 is 10.2 Å². The molecule has 0 saturated carbocycles. The Hall–Kier alpha value is -7.16. The van der Waals surface area contributed by atoms with E-state index in [0.29, 0.717) is 35.5 Å². The van der Waals surface area contributed by atoms with Crippen LogP contribution in [0.1, 0.15) is 106 Å². The molecule has 7 unspecified atom stereocenters. The van der Waals surface area contributed by atoms with E-state index in [4.69, 9.17) is 0 Å². The van der Waals surface area contributed by atoms with Crippen molar-refractivity contribution in [3.05, 3.63) is 285 Å². The number of fused-ring (bicyclic) bond motifs is 3. The van der Waals surface area contributed by atoms with Crippen molar-refractivity contribution < 1.29 is 0 Å². The number of nitrogens with zero attached hydrogens (tertiary/aromatic N) is 1. The van der Waals surface area contributed by atoms with E-state index in [1.807, 2.05) is 0 Å². The first-order valence-electron chi connectivity index (χ1n) is 27.7. The van der Waals surface area contributed by atoms with Crippen LogP contribution in [0.15, 0.2) is 263 Å². The molecule has 8 aliphatic carbocycles. The first kappa shape index (κ1) is 45.7. The predicted octanol–water partition coefficient (Wildman–Crippen LogP) is 18.2. The lowest BCUT2D eigenvalue weighted by Gasteiger charge is -2.48. The summed E-state index contributed by atoms with van der Waals surface area (Å²) in [6.07, 6.45) is 52.4. The van der Waals surface area contributed by atoms with Crippen molar-refractivity contribution in [1.82, 2.24) is 0 Å². The van der Waals surface area contributed by atoms with Crippen molar-refractivity contribution >= 4 is 22.5 Å². The highest BCUT2D eigenvalue weighted by molar-refractivity contribution is 5.84. The zero-order chi connectivity index (χ0) is 48.8. The fraction of sp³-hybridized carbons (Fsp3) is 0.268. The fourth-order valence-electron chi connectivity index (χ4n) is 14.1. The van der Waals surface area contributed by atoms with Crippen LogP contribution < -0.4 is 10.2 Å². The van der Waals surface area contributed by atoms with Gasteiger partial charge in [0.2, 0.25) is 0 Å². The molecule has 9 aliphatic rings. The third-order valence-electron chi connectivity index (χ3n) is 17.7. The Morgan fingerprint density at radius 3 is 2.16 bits per heavy atom. The monoisotopic (exact) mass is 949 g/mol. The lowest BCUT2D eigenvalue weighted by Crippen LogP contribution is -2.38. The molecule has 1 N–H and O–H groups in total. The zero-order valence-corrected chi connectivity index (χ0v) is 42.6. The Bertz CT molecular complexity index is 3270. The number of benzene rings is 4. The SMILES string of the molecule is CC1CC=CC=C1C1=C[C@H](c2ccccc2)CC(C2C3C=CC(c4ccc(C5Nc6ccccc6N5C5=CCCCC5)cc4)=CC3=C(C3=CC(c4ccccc4)=CC(C4=CC=CCC4)C3)C3=CC=CC(C)C32)=C1. The molecule has 0 saturated heterocycles. The maximum absolute atomic E-state index is 3.93. The summed E-state index contributed by atoms with van der Waals surface area (Å²) in [4.78, 5) is 2.57. The van der Waals surface area contributed by atoms with Crippen LogP contribution >= 0.6 is 0 Å². The van der Waals surface area contributed by atoms with Crippen LogP contribution in [0.25, 0.3) is 11.1 Å². The van der Waals surface area contributed by atoms with Crippen molar-refractivity contribution in [2.75, 3.05) is 10.2 Å². The maximum Gasteiger partial charge on any atom is 0.130 e. The molecule has 0 amide bonds. The van der Waals surface area contributed by atoms with E-state index in [1.165, 1.54) is 96.8 Å². The minimum Gasteiger partial charge on any atom is -0.359 e. The van der Waals surface area contributed by atoms with Crippen LogP contribution in [0.4, 0.5) is 11.4 Å². The summed E-state index contributed by atoms with van der Waals surface area (Å²) in [6, 6.07) is 40.9. The predicted molar refractivity (Wildman–Crippen MR) is 307 cm³/mol. The van der Waals surface area contributed by atoms with Crippen molar-refractivity contribution in [3.63, 3.8) is 0 Å². The van der Waals surface area contributed by atoms with Crippen LogP contribution in [-0.4, -0.2) is 0 Å². The van der Waals surface area contributed by atoms with E-state index in [2.05, 4.69) is 237 Å². The van der Waals surface area contributed by atoms with Crippen LogP contribution in [-0.2, 0) is 0 Å². The van der Waals surface area contributed by atoms with Gasteiger partial charge in [-0.05, 0) is 167 Å². The van der Waals surface area contributed by atoms with E-state index in [0.717, 1.165) is 44.9 Å². The van der Waals surface area contributed by atoms with E-state index in [1.54, 1.807) is 11.1 Å². The van der Waals surface area contributed by atoms with E-state index < -0.39 is 0 Å². The largest absolute Gasteiger partial charge is 0.359 e. The summed E-state index contributed by atoms with van der Waals surface area (Å²) in [6.45, 7) is 4.92. The van der Waals surface area contributed by atoms with Crippen molar-refractivity contribution in [3.8, 4) is 0 Å². The van der Waals surface area contributed by atoms with Crippen LogP contribution in [0.2, 0.25) is 0 Å². The van der Waals surface area contributed by atoms with Gasteiger partial charge in [-0.2, -0.15) is 0 Å². The molecule has 0 fully saturated rings. The molecule has 2 nitrogen and oxygen atoms in total. The number of para-hydroxylation sites is 2. The highest BCUT2D eigenvalue weighted by Crippen LogP contribution is 2.58. The molecule has 8 atom stereocenters. The minimum atomic E-state index is 0.0633. The molecule has 4 aromatic carbocycles. The zero-order valence-electron chi connectivity index (χ0n) is 42.6. The second kappa shape index (κ2) is 19.7. The molecular formula is C71H68N2. The van der Waals surface area contributed by atoms with E-state index >= 15 is 0 Å². The van der Waals surface area contributed by atoms with Gasteiger partial charge >= 0.3 is 0 Å². The molecule has 13 rings (SSSR count). The highest BCUT2D eigenvalue weighted by atomic mass is 15.3. The van der Waals surface area contributed by atoms with Gasteiger partial charge in [-0.3, -0.25) is 0 Å². The molecule has 362 valence electrons. The minimum absolute atomic E-state index is 0.0633. The molecule has 73 heavy (non-hydrogen) atoms.